The van der Waals surface area contributed by atoms with Gasteiger partial charge in [0.1, 0.15) is 5.92 Å². The number of hydrogen-bond donors (Lipinski definition) is 2. The van der Waals surface area contributed by atoms with Crippen molar-refractivity contribution in [2.45, 2.75) is 13.3 Å². The molecule has 33 heavy (non-hydrogen) atoms. The van der Waals surface area contributed by atoms with Crippen LogP contribution in [0.3, 0.4) is 0 Å². The zero-order valence-electron chi connectivity index (χ0n) is 17.7. The Kier molecular flexibility index (Phi) is 7.58. The number of nitrogens with zero attached hydrogens (tertiary/aromatic N) is 2. The summed E-state index contributed by atoms with van der Waals surface area (Å²) in [4.78, 5) is 63.2. The van der Waals surface area contributed by atoms with E-state index in [0.717, 1.165) is 0 Å². The summed E-state index contributed by atoms with van der Waals surface area (Å²) >= 11 is 0. The number of rotatable bonds is 7. The molecule has 3 rings (SSSR count). The third-order valence-corrected chi connectivity index (χ3v) is 4.69. The lowest BCUT2D eigenvalue weighted by Crippen LogP contribution is -2.60. The number of anilines is 2. The fraction of sp³-hybridized carbons (Fsp3) is 0.227. The number of nitrogens with one attached hydrogen (secondary N) is 2. The lowest BCUT2D eigenvalue weighted by atomic mass is 10.0. The van der Waals surface area contributed by atoms with Crippen LogP contribution in [0.25, 0.3) is 0 Å². The number of imide groups is 2. The van der Waals surface area contributed by atoms with E-state index < -0.39 is 49.4 Å². The molecule has 6 amide bonds. The summed E-state index contributed by atoms with van der Waals surface area (Å²) in [7, 11) is 0. The second-order valence-corrected chi connectivity index (χ2v) is 6.88. The average Bonchev–Trinajstić information content (AvgIpc) is 2.80. The second kappa shape index (κ2) is 10.8. The van der Waals surface area contributed by atoms with Gasteiger partial charge in [-0.25, -0.2) is 24.2 Å². The number of carbonyl (C=O) groups is 5. The Balaban J connectivity index is 1.61. The van der Waals surface area contributed by atoms with Gasteiger partial charge in [0, 0.05) is 11.4 Å². The molecule has 11 nitrogen and oxygen atoms in total. The van der Waals surface area contributed by atoms with E-state index >= 15 is 0 Å². The van der Waals surface area contributed by atoms with E-state index in [1.807, 2.05) is 0 Å². The van der Waals surface area contributed by atoms with Gasteiger partial charge < -0.3 is 9.47 Å². The van der Waals surface area contributed by atoms with E-state index in [1.54, 1.807) is 67.6 Å². The van der Waals surface area contributed by atoms with Crippen LogP contribution in [0.5, 0.6) is 0 Å². The summed E-state index contributed by atoms with van der Waals surface area (Å²) in [6, 6.07) is 15.8. The van der Waals surface area contributed by atoms with E-state index in [-0.39, 0.29) is 6.42 Å². The standard InChI is InChI=1S/C22H22N4O7/c1-2-17-18(27)25(13-32-20(29)23-15-9-5-3-6-10-15)22(31)26(19(17)28)14-33-21(30)24-16-11-7-4-8-12-16/h3-12,17H,2,13-14H2,1H3,(H,23,29)(H,24,30). The Hall–Kier alpha value is -4.41. The first kappa shape index (κ1) is 23.3. The van der Waals surface area contributed by atoms with Crippen molar-refractivity contribution in [1.29, 1.82) is 0 Å². The Morgan fingerprint density at radius 1 is 0.758 bits per heavy atom. The predicted octanol–water partition coefficient (Wildman–Crippen LogP) is 3.22. The lowest BCUT2D eigenvalue weighted by molar-refractivity contribution is -0.153. The van der Waals surface area contributed by atoms with Gasteiger partial charge in [-0.1, -0.05) is 43.3 Å². The van der Waals surface area contributed by atoms with Gasteiger partial charge in [0.25, 0.3) is 0 Å². The summed E-state index contributed by atoms with van der Waals surface area (Å²) in [6.07, 6.45) is -1.68. The van der Waals surface area contributed by atoms with Crippen LogP contribution >= 0.6 is 0 Å². The van der Waals surface area contributed by atoms with Crippen molar-refractivity contribution in [3.8, 4) is 0 Å². The molecule has 1 aliphatic heterocycles. The maximum absolute atomic E-state index is 12.7. The van der Waals surface area contributed by atoms with Gasteiger partial charge in [-0.2, -0.15) is 0 Å². The number of ether oxygens (including phenoxy) is 2. The number of urea groups is 1. The molecule has 2 aromatic carbocycles. The Bertz CT molecular complexity index is 950. The smallest absolute Gasteiger partial charge is 0.413 e. The SMILES string of the molecule is CCC1C(=O)N(COC(=O)Nc2ccccc2)C(=O)N(COC(=O)Nc2ccccc2)C1=O. The van der Waals surface area contributed by atoms with Crippen molar-refractivity contribution in [3.63, 3.8) is 0 Å². The maximum Gasteiger partial charge on any atom is 0.413 e. The Labute approximate surface area is 189 Å². The fourth-order valence-electron chi connectivity index (χ4n) is 3.00. The minimum Gasteiger partial charge on any atom is -0.427 e. The molecule has 0 bridgehead atoms. The first-order chi connectivity index (χ1) is 15.9. The number of barbiturate groups is 1. The van der Waals surface area contributed by atoms with Gasteiger partial charge in [-0.15, -0.1) is 0 Å². The molecule has 0 aliphatic carbocycles. The summed E-state index contributed by atoms with van der Waals surface area (Å²) in [5, 5.41) is 4.90. The highest BCUT2D eigenvalue weighted by atomic mass is 16.6. The van der Waals surface area contributed by atoms with E-state index in [1.165, 1.54) is 0 Å². The van der Waals surface area contributed by atoms with Gasteiger partial charge in [-0.3, -0.25) is 20.2 Å². The molecule has 2 N–H and O–H groups in total. The molecular formula is C22H22N4O7. The van der Waals surface area contributed by atoms with Crippen molar-refractivity contribution in [3.05, 3.63) is 60.7 Å². The highest BCUT2D eigenvalue weighted by Gasteiger charge is 2.45. The normalized spacial score (nSPS) is 14.2. The van der Waals surface area contributed by atoms with E-state index in [0.29, 0.717) is 21.2 Å². The highest BCUT2D eigenvalue weighted by Crippen LogP contribution is 2.21. The van der Waals surface area contributed by atoms with Gasteiger partial charge in [-0.05, 0) is 30.7 Å². The van der Waals surface area contributed by atoms with Gasteiger partial charge in [0.15, 0.2) is 13.5 Å². The minimum atomic E-state index is -1.18. The molecule has 0 radical (unpaired) electrons. The summed E-state index contributed by atoms with van der Waals surface area (Å²) in [6.45, 7) is 0.165. The van der Waals surface area contributed by atoms with Crippen LogP contribution in [0.2, 0.25) is 0 Å². The minimum absolute atomic E-state index is 0.102. The third kappa shape index (κ3) is 5.85. The first-order valence-corrected chi connectivity index (χ1v) is 10.0. The molecule has 1 fully saturated rings. The molecule has 1 aliphatic rings. The molecule has 0 unspecified atom stereocenters. The molecule has 0 saturated carbocycles. The van der Waals surface area contributed by atoms with Crippen molar-refractivity contribution < 1.29 is 33.4 Å². The third-order valence-electron chi connectivity index (χ3n) is 4.69. The fourth-order valence-corrected chi connectivity index (χ4v) is 3.00. The number of para-hydroxylation sites is 2. The summed E-state index contributed by atoms with van der Waals surface area (Å²) < 4.78 is 9.97. The number of benzene rings is 2. The molecule has 0 aromatic heterocycles. The molecule has 0 atom stereocenters. The van der Waals surface area contributed by atoms with Gasteiger partial charge in [0.05, 0.1) is 0 Å². The van der Waals surface area contributed by atoms with Crippen LogP contribution in [0, 0.1) is 5.92 Å². The second-order valence-electron chi connectivity index (χ2n) is 6.88. The average molecular weight is 454 g/mol. The van der Waals surface area contributed by atoms with E-state index in [2.05, 4.69) is 10.6 Å². The van der Waals surface area contributed by atoms with Crippen LogP contribution in [-0.4, -0.2) is 53.3 Å². The molecule has 2 aromatic rings. The number of hydrogen-bond acceptors (Lipinski definition) is 7. The lowest BCUT2D eigenvalue weighted by Gasteiger charge is -2.35. The van der Waals surface area contributed by atoms with Crippen LogP contribution < -0.4 is 10.6 Å². The molecule has 0 spiro atoms. The summed E-state index contributed by atoms with van der Waals surface area (Å²) in [5.74, 6) is -2.78. The topological polar surface area (TPSA) is 134 Å². The van der Waals surface area contributed by atoms with Crippen LogP contribution in [-0.2, 0) is 19.1 Å². The quantitative estimate of drug-likeness (QED) is 0.614. The monoisotopic (exact) mass is 454 g/mol. The van der Waals surface area contributed by atoms with Crippen molar-refractivity contribution in [2.24, 2.45) is 5.92 Å². The van der Waals surface area contributed by atoms with Crippen molar-refractivity contribution >= 4 is 41.4 Å². The van der Waals surface area contributed by atoms with E-state index in [4.69, 9.17) is 9.47 Å². The van der Waals surface area contributed by atoms with Gasteiger partial charge in [0.2, 0.25) is 11.8 Å². The number of carbonyl (C=O) groups excluding carboxylic acids is 5. The van der Waals surface area contributed by atoms with E-state index in [9.17, 15) is 24.0 Å². The predicted molar refractivity (Wildman–Crippen MR) is 116 cm³/mol. The Morgan fingerprint density at radius 3 is 1.52 bits per heavy atom. The zero-order chi connectivity index (χ0) is 23.8. The highest BCUT2D eigenvalue weighted by molar-refractivity contribution is 6.16. The van der Waals surface area contributed by atoms with Crippen molar-refractivity contribution in [1.82, 2.24) is 9.80 Å². The largest absolute Gasteiger partial charge is 0.427 e. The summed E-state index contributed by atoms with van der Waals surface area (Å²) in [5.41, 5.74) is 0.916. The zero-order valence-corrected chi connectivity index (χ0v) is 17.7. The maximum atomic E-state index is 12.7. The van der Waals surface area contributed by atoms with Crippen molar-refractivity contribution in [2.75, 3.05) is 24.1 Å². The van der Waals surface area contributed by atoms with Gasteiger partial charge >= 0.3 is 18.2 Å². The molecule has 11 heteroatoms. The van der Waals surface area contributed by atoms with Crippen LogP contribution in [0.4, 0.5) is 25.8 Å². The molecular weight excluding hydrogens is 432 g/mol. The first-order valence-electron chi connectivity index (χ1n) is 10.0. The Morgan fingerprint density at radius 2 is 1.15 bits per heavy atom. The molecule has 1 heterocycles. The molecule has 1 saturated heterocycles. The number of amides is 6. The van der Waals surface area contributed by atoms with Crippen LogP contribution in [0.15, 0.2) is 60.7 Å². The molecule has 172 valence electrons. The van der Waals surface area contributed by atoms with Crippen LogP contribution in [0.1, 0.15) is 13.3 Å².